The highest BCUT2D eigenvalue weighted by molar-refractivity contribution is 5.64. The van der Waals surface area contributed by atoms with Crippen LogP contribution in [0.5, 0.6) is 5.75 Å². The van der Waals surface area contributed by atoms with Gasteiger partial charge in [-0.05, 0) is 17.2 Å². The molecule has 0 saturated carbocycles. The Labute approximate surface area is 122 Å². The van der Waals surface area contributed by atoms with Crippen LogP contribution >= 0.6 is 0 Å². The summed E-state index contributed by atoms with van der Waals surface area (Å²) in [6.07, 6.45) is 0. The molecule has 0 aliphatic carbocycles. The van der Waals surface area contributed by atoms with Gasteiger partial charge in [-0.15, -0.1) is 0 Å². The van der Waals surface area contributed by atoms with E-state index in [4.69, 9.17) is 9.84 Å². The molecule has 0 fully saturated rings. The monoisotopic (exact) mass is 288 g/mol. The molecule has 2 rings (SSSR count). The van der Waals surface area contributed by atoms with Crippen molar-refractivity contribution >= 4 is 11.4 Å². The van der Waals surface area contributed by atoms with E-state index in [1.165, 1.54) is 13.2 Å². The van der Waals surface area contributed by atoms with E-state index in [0.717, 1.165) is 11.1 Å². The predicted octanol–water partition coefficient (Wildman–Crippen LogP) is 2.71. The topological polar surface area (TPSA) is 84.6 Å². The second-order valence-electron chi connectivity index (χ2n) is 4.47. The van der Waals surface area contributed by atoms with Crippen molar-refractivity contribution in [2.24, 2.45) is 0 Å². The molecule has 0 spiro atoms. The van der Waals surface area contributed by atoms with Crippen molar-refractivity contribution in [1.29, 1.82) is 0 Å². The number of ether oxygens (including phenoxy) is 1. The minimum absolute atomic E-state index is 0.00257. The van der Waals surface area contributed by atoms with E-state index in [9.17, 15) is 10.1 Å². The Bertz CT molecular complexity index is 626. The normalized spacial score (nSPS) is 10.2. The smallest absolute Gasteiger partial charge is 0.292 e. The van der Waals surface area contributed by atoms with Crippen molar-refractivity contribution in [2.75, 3.05) is 12.4 Å². The Balaban J connectivity index is 2.15. The van der Waals surface area contributed by atoms with Gasteiger partial charge in [-0.2, -0.15) is 0 Å². The summed E-state index contributed by atoms with van der Waals surface area (Å²) in [6, 6.07) is 11.9. The predicted molar refractivity (Wildman–Crippen MR) is 79.3 cm³/mol. The molecule has 0 aliphatic rings. The number of aliphatic hydroxyl groups is 1. The number of aliphatic hydroxyl groups excluding tert-OH is 1. The van der Waals surface area contributed by atoms with Gasteiger partial charge in [0, 0.05) is 18.7 Å². The third-order valence-corrected chi connectivity index (χ3v) is 3.09. The molecule has 0 bridgehead atoms. The SMILES string of the molecule is COc1ccc([N+](=O)[O-])c(NCc2ccc(CO)cc2)c1. The van der Waals surface area contributed by atoms with E-state index in [2.05, 4.69) is 5.32 Å². The lowest BCUT2D eigenvalue weighted by Crippen LogP contribution is -2.03. The molecule has 2 aromatic carbocycles. The summed E-state index contributed by atoms with van der Waals surface area (Å²) >= 11 is 0. The number of hydrogen-bond acceptors (Lipinski definition) is 5. The Hall–Kier alpha value is -2.60. The fourth-order valence-electron chi connectivity index (χ4n) is 1.90. The van der Waals surface area contributed by atoms with Gasteiger partial charge in [0.25, 0.3) is 5.69 Å². The van der Waals surface area contributed by atoms with Gasteiger partial charge >= 0.3 is 0 Å². The van der Waals surface area contributed by atoms with Crippen LogP contribution in [0.15, 0.2) is 42.5 Å². The fraction of sp³-hybridized carbons (Fsp3) is 0.200. The first kappa shape index (κ1) is 14.8. The molecule has 0 unspecified atom stereocenters. The lowest BCUT2D eigenvalue weighted by Gasteiger charge is -2.09. The van der Waals surface area contributed by atoms with Crippen molar-refractivity contribution < 1.29 is 14.8 Å². The number of nitrogens with zero attached hydrogens (tertiary/aromatic N) is 1. The maximum atomic E-state index is 11.0. The van der Waals surface area contributed by atoms with Crippen LogP contribution < -0.4 is 10.1 Å². The molecule has 0 aromatic heterocycles. The van der Waals surface area contributed by atoms with Gasteiger partial charge < -0.3 is 15.2 Å². The minimum Gasteiger partial charge on any atom is -0.497 e. The van der Waals surface area contributed by atoms with Crippen LogP contribution in [0.2, 0.25) is 0 Å². The van der Waals surface area contributed by atoms with E-state index in [1.54, 1.807) is 12.1 Å². The van der Waals surface area contributed by atoms with Crippen LogP contribution in [0.25, 0.3) is 0 Å². The molecule has 0 atom stereocenters. The maximum Gasteiger partial charge on any atom is 0.292 e. The fourth-order valence-corrected chi connectivity index (χ4v) is 1.90. The van der Waals surface area contributed by atoms with E-state index >= 15 is 0 Å². The summed E-state index contributed by atoms with van der Waals surface area (Å²) < 4.78 is 5.08. The summed E-state index contributed by atoms with van der Waals surface area (Å²) in [6.45, 7) is 0.439. The second kappa shape index (κ2) is 6.71. The molecule has 6 heteroatoms. The van der Waals surface area contributed by atoms with Crippen LogP contribution in [0, 0.1) is 10.1 Å². The summed E-state index contributed by atoms with van der Waals surface area (Å²) in [5, 5.41) is 23.0. The highest BCUT2D eigenvalue weighted by Gasteiger charge is 2.14. The number of rotatable bonds is 6. The number of nitro groups is 1. The van der Waals surface area contributed by atoms with Gasteiger partial charge in [0.05, 0.1) is 18.6 Å². The molecule has 6 nitrogen and oxygen atoms in total. The van der Waals surface area contributed by atoms with E-state index in [-0.39, 0.29) is 12.3 Å². The zero-order chi connectivity index (χ0) is 15.2. The molecular formula is C15H16N2O4. The molecule has 0 aliphatic heterocycles. The number of nitro benzene ring substituents is 1. The van der Waals surface area contributed by atoms with Crippen LogP contribution in [-0.4, -0.2) is 17.1 Å². The zero-order valence-corrected chi connectivity index (χ0v) is 11.6. The first-order valence-corrected chi connectivity index (χ1v) is 6.39. The van der Waals surface area contributed by atoms with Gasteiger partial charge in [-0.1, -0.05) is 24.3 Å². The van der Waals surface area contributed by atoms with Crippen LogP contribution in [-0.2, 0) is 13.2 Å². The first-order chi connectivity index (χ1) is 10.1. The third-order valence-electron chi connectivity index (χ3n) is 3.09. The van der Waals surface area contributed by atoms with Gasteiger partial charge in [-0.25, -0.2) is 0 Å². The third kappa shape index (κ3) is 3.70. The number of methoxy groups -OCH3 is 1. The number of benzene rings is 2. The van der Waals surface area contributed by atoms with Crippen molar-refractivity contribution in [2.45, 2.75) is 13.2 Å². The summed E-state index contributed by atoms with van der Waals surface area (Å²) in [5.41, 5.74) is 2.20. The average molecular weight is 288 g/mol. The Morgan fingerprint density at radius 2 is 1.86 bits per heavy atom. The summed E-state index contributed by atoms with van der Waals surface area (Å²) in [4.78, 5) is 10.6. The molecule has 0 saturated heterocycles. The number of anilines is 1. The Morgan fingerprint density at radius 3 is 2.43 bits per heavy atom. The molecule has 2 aromatic rings. The lowest BCUT2D eigenvalue weighted by molar-refractivity contribution is -0.384. The molecule has 0 heterocycles. The molecule has 2 N–H and O–H groups in total. The van der Waals surface area contributed by atoms with Crippen molar-refractivity contribution in [3.8, 4) is 5.75 Å². The standard InChI is InChI=1S/C15H16N2O4/c1-21-13-6-7-15(17(19)20)14(8-13)16-9-11-2-4-12(10-18)5-3-11/h2-8,16,18H,9-10H2,1H3. The summed E-state index contributed by atoms with van der Waals surface area (Å²) in [7, 11) is 1.51. The minimum atomic E-state index is -0.434. The number of hydrogen-bond donors (Lipinski definition) is 2. The van der Waals surface area contributed by atoms with Gasteiger partial charge in [0.15, 0.2) is 0 Å². The number of nitrogens with one attached hydrogen (secondary N) is 1. The van der Waals surface area contributed by atoms with Crippen molar-refractivity contribution in [3.63, 3.8) is 0 Å². The maximum absolute atomic E-state index is 11.0. The lowest BCUT2D eigenvalue weighted by atomic mass is 10.1. The molecule has 0 amide bonds. The van der Waals surface area contributed by atoms with E-state index in [0.29, 0.717) is 18.0 Å². The van der Waals surface area contributed by atoms with E-state index < -0.39 is 4.92 Å². The van der Waals surface area contributed by atoms with Crippen LogP contribution in [0.1, 0.15) is 11.1 Å². The second-order valence-corrected chi connectivity index (χ2v) is 4.47. The van der Waals surface area contributed by atoms with Gasteiger partial charge in [0.2, 0.25) is 0 Å². The molecule has 21 heavy (non-hydrogen) atoms. The van der Waals surface area contributed by atoms with Crippen LogP contribution in [0.4, 0.5) is 11.4 Å². The highest BCUT2D eigenvalue weighted by atomic mass is 16.6. The van der Waals surface area contributed by atoms with Crippen molar-refractivity contribution in [3.05, 3.63) is 63.7 Å². The summed E-state index contributed by atoms with van der Waals surface area (Å²) in [5.74, 6) is 0.554. The zero-order valence-electron chi connectivity index (χ0n) is 11.6. The Morgan fingerprint density at radius 1 is 1.19 bits per heavy atom. The molecule has 0 radical (unpaired) electrons. The average Bonchev–Trinajstić information content (AvgIpc) is 2.52. The van der Waals surface area contributed by atoms with Gasteiger partial charge in [-0.3, -0.25) is 10.1 Å². The quantitative estimate of drug-likeness (QED) is 0.630. The van der Waals surface area contributed by atoms with Crippen LogP contribution in [0.3, 0.4) is 0 Å². The van der Waals surface area contributed by atoms with Crippen molar-refractivity contribution in [1.82, 2.24) is 0 Å². The molecule has 110 valence electrons. The molecular weight excluding hydrogens is 272 g/mol. The largest absolute Gasteiger partial charge is 0.497 e. The van der Waals surface area contributed by atoms with Gasteiger partial charge in [0.1, 0.15) is 11.4 Å². The highest BCUT2D eigenvalue weighted by Crippen LogP contribution is 2.29. The Kier molecular flexibility index (Phi) is 4.73. The first-order valence-electron chi connectivity index (χ1n) is 6.39. The van der Waals surface area contributed by atoms with E-state index in [1.807, 2.05) is 24.3 Å².